The first-order chi connectivity index (χ1) is 46.6. The molecule has 0 spiro atoms. The number of anilines is 18. The maximum atomic E-state index is 16.4. The highest BCUT2D eigenvalue weighted by atomic mass is 35.6. The molecule has 2 N–H and O–H groups in total. The van der Waals surface area contributed by atoms with Crippen LogP contribution in [0.4, 0.5) is 107 Å². The van der Waals surface area contributed by atoms with Gasteiger partial charge in [-0.05, 0) is 0 Å². The van der Waals surface area contributed by atoms with Crippen LogP contribution in [0.2, 0.25) is 0 Å². The number of carbonyl (C=O) groups is 6. The van der Waals surface area contributed by atoms with E-state index in [-0.39, 0.29) is 64.9 Å². The first kappa shape index (κ1) is 83.2. The molecule has 100 heavy (non-hydrogen) atoms. The Morgan fingerprint density at radius 1 is 0.210 bits per heavy atom. The van der Waals surface area contributed by atoms with Gasteiger partial charge in [0.2, 0.25) is 11.9 Å². The molecule has 7 rings (SSSR count). The summed E-state index contributed by atoms with van der Waals surface area (Å²) in [6.07, 6.45) is 0. The highest BCUT2D eigenvalue weighted by Crippen LogP contribution is 2.41. The summed E-state index contributed by atoms with van der Waals surface area (Å²) in [6, 6.07) is 0.836. The summed E-state index contributed by atoms with van der Waals surface area (Å²) in [5.41, 5.74) is -11.6. The van der Waals surface area contributed by atoms with Crippen LogP contribution in [0.1, 0.15) is 62.1 Å². The van der Waals surface area contributed by atoms with Gasteiger partial charge in [-0.15, -0.1) is 0 Å². The van der Waals surface area contributed by atoms with Gasteiger partial charge in [0.25, 0.3) is 119 Å². The largest absolute Gasteiger partial charge is 0.290 e. The van der Waals surface area contributed by atoms with Crippen molar-refractivity contribution in [2.75, 3.05) is 75.6 Å². The molecule has 6 aromatic heterocycles. The summed E-state index contributed by atoms with van der Waals surface area (Å²) in [6.45, 7) is 0. The third kappa shape index (κ3) is 19.5. The van der Waals surface area contributed by atoms with Crippen molar-refractivity contribution in [2.24, 2.45) is 0 Å². The number of halogens is 28. The first-order valence-corrected chi connectivity index (χ1v) is 32.1. The minimum absolute atomic E-state index is 0.0926. The number of amides is 6. The van der Waals surface area contributed by atoms with Gasteiger partial charge < -0.3 is 0 Å². The molecule has 0 bridgehead atoms. The van der Waals surface area contributed by atoms with Crippen LogP contribution >= 0.6 is 330 Å². The molecule has 6 heterocycles. The van der Waals surface area contributed by atoms with Crippen LogP contribution in [0.5, 0.6) is 0 Å². The first-order valence-electron chi connectivity index (χ1n) is 22.6. The average molecular weight is 1950 g/mol. The molecule has 0 aliphatic carbocycles. The number of aromatic nitrogens is 17. The summed E-state index contributed by atoms with van der Waals surface area (Å²) in [5.74, 6) is -31.5. The van der Waals surface area contributed by atoms with Crippen molar-refractivity contribution in [3.63, 3.8) is 0 Å². The maximum Gasteiger partial charge on any atom is 0.277 e. The number of hydrogen-bond acceptors (Lipinski definition) is 35. The highest BCUT2D eigenvalue weighted by molar-refractivity contribution is 6.56. The Morgan fingerprint density at radius 2 is 0.370 bits per heavy atom. The predicted molar refractivity (Wildman–Crippen MR) is 384 cm³/mol. The number of nitrogens with one attached hydrogen (secondary N) is 2. The highest BCUT2D eigenvalue weighted by Gasteiger charge is 2.47. The van der Waals surface area contributed by atoms with E-state index < -0.39 is 176 Å². The Hall–Kier alpha value is -4.11. The Balaban J connectivity index is 1.88. The van der Waals surface area contributed by atoms with Crippen molar-refractivity contribution < 1.29 is 28.8 Å². The molecule has 0 radical (unpaired) electrons. The number of benzene rings is 1. The molecule has 0 saturated heterocycles. The van der Waals surface area contributed by atoms with Crippen molar-refractivity contribution in [3.05, 3.63) is 39.4 Å². The van der Waals surface area contributed by atoms with Crippen LogP contribution in [-0.2, 0) is 0 Å². The molecule has 0 fully saturated rings. The van der Waals surface area contributed by atoms with Gasteiger partial charge in [0.15, 0.2) is 11.6 Å². The van der Waals surface area contributed by atoms with E-state index >= 15 is 28.8 Å². The zero-order valence-corrected chi connectivity index (χ0v) is 65.5. The third-order valence-electron chi connectivity index (χ3n) is 10.2. The van der Waals surface area contributed by atoms with Gasteiger partial charge in [-0.1, -0.05) is 0 Å². The molecule has 0 saturated carbocycles. The second kappa shape index (κ2) is 35.3. The second-order valence-corrected chi connectivity index (χ2v) is 27.4. The van der Waals surface area contributed by atoms with Crippen LogP contribution in [0.3, 0.4) is 0 Å². The van der Waals surface area contributed by atoms with E-state index in [0.717, 1.165) is 6.07 Å². The van der Waals surface area contributed by atoms with E-state index in [2.05, 4.69) is 84.7 Å². The fraction of sp³-hybridized carbons (Fsp3) is 0. The van der Waals surface area contributed by atoms with Crippen molar-refractivity contribution in [1.82, 2.24) is 84.7 Å². The molecule has 7 aromatic rings. The van der Waals surface area contributed by atoms with Gasteiger partial charge >= 0.3 is 0 Å². The SMILES string of the molecule is O=C(Nc1nc(N(Cl)Cl)nc(N(Cl)Cl)n1)c1c(C(=O)N(Cl)c2nc(N(Cl)Cl)cc(N(Cl)Cl)n2)c(C(=O)N(Cl)c2nc(N(Cl)Cl)nc(N(Cl)Cl)n2)c(C(=O)Nc2nc(N(Cl)Cl)nc(N(Cl)Cl)n2)c(C(=O)N(Cl)c2nc(N(Cl)Cl)nc(N(Cl)Cl)n2)c1C(=O)N(Cl)c1nc(N(Cl)Cl)nc(N(Cl)Cl)n1. The van der Waals surface area contributed by atoms with Crippen molar-refractivity contribution in [3.8, 4) is 0 Å². The quantitative estimate of drug-likeness (QED) is 0.0531. The lowest BCUT2D eigenvalue weighted by molar-refractivity contribution is 0.0935. The van der Waals surface area contributed by atoms with Gasteiger partial charge in [0.1, 0.15) is 0 Å². The monoisotopic (exact) mass is 1940 g/mol. The molecular formula is C31H3Cl28N35O6. The molecule has 69 heteroatoms. The Kier molecular flexibility index (Phi) is 29.4. The van der Waals surface area contributed by atoms with Crippen LogP contribution in [0.25, 0.3) is 0 Å². The van der Waals surface area contributed by atoms with Crippen molar-refractivity contribution >= 4 is 472 Å². The number of hydrogen-bond donors (Lipinski definition) is 2. The lowest BCUT2D eigenvalue weighted by atomic mass is 9.83. The smallest absolute Gasteiger partial charge is 0.277 e. The fourth-order valence-electron chi connectivity index (χ4n) is 6.68. The zero-order valence-electron chi connectivity index (χ0n) is 44.4. The van der Waals surface area contributed by atoms with E-state index in [4.69, 9.17) is 330 Å². The zero-order chi connectivity index (χ0) is 74.7. The van der Waals surface area contributed by atoms with E-state index in [1.165, 1.54) is 0 Å². The van der Waals surface area contributed by atoms with E-state index in [9.17, 15) is 0 Å². The molecule has 0 aliphatic rings. The number of nitrogens with zero attached hydrogens (tertiary/aromatic N) is 33. The van der Waals surface area contributed by atoms with Crippen molar-refractivity contribution in [1.29, 1.82) is 0 Å². The van der Waals surface area contributed by atoms with Crippen LogP contribution in [-0.4, -0.2) is 120 Å². The topological polar surface area (TPSA) is 397 Å². The van der Waals surface area contributed by atoms with E-state index in [1.54, 1.807) is 0 Å². The lowest BCUT2D eigenvalue weighted by Gasteiger charge is -2.27. The summed E-state index contributed by atoms with van der Waals surface area (Å²) in [5, 5.41) is 3.97. The van der Waals surface area contributed by atoms with Gasteiger partial charge in [-0.3, -0.25) is 39.4 Å². The van der Waals surface area contributed by atoms with Gasteiger partial charge in [0.05, 0.1) is 33.4 Å². The summed E-state index contributed by atoms with van der Waals surface area (Å²) in [7, 11) is 0. The van der Waals surface area contributed by atoms with Gasteiger partial charge in [-0.25, -0.2) is 0 Å². The second-order valence-electron chi connectivity index (χ2n) is 15.9. The Morgan fingerprint density at radius 3 is 0.540 bits per heavy atom. The molecular weight excluding hydrogens is 1950 g/mol. The fourth-order valence-corrected chi connectivity index (χ4v) is 9.18. The molecule has 534 valence electrons. The normalized spacial score (nSPS) is 10.8. The van der Waals surface area contributed by atoms with E-state index in [1.807, 2.05) is 10.6 Å². The molecule has 0 atom stereocenters. The minimum atomic E-state index is -2.26. The minimum Gasteiger partial charge on any atom is -0.290 e. The molecule has 0 aliphatic heterocycles. The summed E-state index contributed by atoms with van der Waals surface area (Å²) in [4.78, 5) is 163. The number of rotatable bonds is 24. The Bertz CT molecular complexity index is 3720. The van der Waals surface area contributed by atoms with E-state index in [0.29, 0.717) is 0 Å². The number of carbonyl (C=O) groups excluding carboxylic acids is 6. The van der Waals surface area contributed by atoms with Crippen LogP contribution in [0, 0.1) is 0 Å². The Labute approximate surface area is 693 Å². The summed E-state index contributed by atoms with van der Waals surface area (Å²) >= 11 is 172. The molecule has 6 amide bonds. The standard InChI is InChI=1S/C31H3Cl28N35O6/c32-79(18-60-2(83(36)37)1-3(61-18)84(38)39)12(97)6-4(10(95)62-16-64-22(85(40)41)74-23(65-16)86(42)43)8(14(99)81(34)20-70-28(91(52)53)77-29(71-20)92(54)55)9(15(100)82(35)21-72-30(93(56)57)78-31(73-21)94(58)59)5(11(96)63-17-66-24(87(44)45)75-25(67-17)88(46)47)7(6)13(98)80(33)19-68-26(89(48)49)76-27(69-19)90(50)51/h1H,(H,62,64,65,74,95)(H,63,66,67,75,96). The lowest BCUT2D eigenvalue weighted by Crippen LogP contribution is -2.40. The van der Waals surface area contributed by atoms with Gasteiger partial charge in [-0.2, -0.15) is 150 Å². The van der Waals surface area contributed by atoms with Crippen LogP contribution < -0.4 is 75.6 Å². The average Bonchev–Trinajstić information content (AvgIpc) is 0.716. The van der Waals surface area contributed by atoms with Gasteiger partial charge in [0, 0.05) is 336 Å². The van der Waals surface area contributed by atoms with Crippen LogP contribution in [0.15, 0.2) is 6.07 Å². The summed E-state index contributed by atoms with van der Waals surface area (Å²) < 4.78 is 0.256. The molecule has 0 unspecified atom stereocenters. The third-order valence-corrected chi connectivity index (χ3v) is 15.2. The van der Waals surface area contributed by atoms with Crippen molar-refractivity contribution in [2.45, 2.75) is 0 Å². The molecule has 41 nitrogen and oxygen atoms in total. The maximum absolute atomic E-state index is 16.4. The molecule has 1 aromatic carbocycles. The predicted octanol–water partition coefficient (Wildman–Crippen LogP) is 14.5.